The predicted octanol–water partition coefficient (Wildman–Crippen LogP) is 2.77. The topological polar surface area (TPSA) is 38.5 Å². The van der Waals surface area contributed by atoms with E-state index < -0.39 is 0 Å². The van der Waals surface area contributed by atoms with Crippen molar-refractivity contribution < 1.29 is 4.74 Å². The molecule has 106 valence electrons. The van der Waals surface area contributed by atoms with Gasteiger partial charge in [-0.25, -0.2) is 0 Å². The molecule has 0 bridgehead atoms. The molecular formula is C17H22N2O. The zero-order valence-corrected chi connectivity index (χ0v) is 12.2. The van der Waals surface area contributed by atoms with Gasteiger partial charge in [0.25, 0.3) is 0 Å². The highest BCUT2D eigenvalue weighted by Gasteiger charge is 2.28. The van der Waals surface area contributed by atoms with Crippen molar-refractivity contribution in [2.75, 3.05) is 13.7 Å². The number of benzene rings is 2. The van der Waals surface area contributed by atoms with Crippen molar-refractivity contribution in [2.45, 2.75) is 32.0 Å². The van der Waals surface area contributed by atoms with Crippen molar-refractivity contribution in [1.29, 1.82) is 0 Å². The van der Waals surface area contributed by atoms with E-state index in [9.17, 15) is 0 Å². The highest BCUT2D eigenvalue weighted by molar-refractivity contribution is 5.87. The van der Waals surface area contributed by atoms with Crippen molar-refractivity contribution in [3.63, 3.8) is 0 Å². The minimum Gasteiger partial charge on any atom is -0.496 e. The maximum atomic E-state index is 6.13. The monoisotopic (exact) mass is 270 g/mol. The van der Waals surface area contributed by atoms with Gasteiger partial charge in [-0.05, 0) is 30.2 Å². The van der Waals surface area contributed by atoms with E-state index in [0.717, 1.165) is 25.3 Å². The third-order valence-corrected chi connectivity index (χ3v) is 4.52. The van der Waals surface area contributed by atoms with Crippen LogP contribution in [0.3, 0.4) is 0 Å². The molecule has 0 saturated carbocycles. The van der Waals surface area contributed by atoms with Crippen molar-refractivity contribution in [3.8, 4) is 5.75 Å². The first kappa shape index (κ1) is 13.4. The van der Waals surface area contributed by atoms with Gasteiger partial charge < -0.3 is 10.5 Å². The van der Waals surface area contributed by atoms with Gasteiger partial charge in [-0.2, -0.15) is 0 Å². The summed E-state index contributed by atoms with van der Waals surface area (Å²) in [6.07, 6.45) is 1.08. The predicted molar refractivity (Wildman–Crippen MR) is 83.0 cm³/mol. The second kappa shape index (κ2) is 5.43. The molecule has 0 spiro atoms. The molecule has 2 atom stereocenters. The van der Waals surface area contributed by atoms with E-state index >= 15 is 0 Å². The average molecular weight is 270 g/mol. The fourth-order valence-electron chi connectivity index (χ4n) is 3.13. The summed E-state index contributed by atoms with van der Waals surface area (Å²) < 4.78 is 5.57. The molecule has 2 unspecified atom stereocenters. The van der Waals surface area contributed by atoms with Gasteiger partial charge in [-0.15, -0.1) is 0 Å². The molecule has 1 aliphatic rings. The lowest BCUT2D eigenvalue weighted by atomic mass is 10.0. The fourth-order valence-corrected chi connectivity index (χ4v) is 3.13. The first-order valence-corrected chi connectivity index (χ1v) is 7.25. The zero-order valence-electron chi connectivity index (χ0n) is 12.2. The van der Waals surface area contributed by atoms with Crippen LogP contribution in [-0.4, -0.2) is 30.6 Å². The third kappa shape index (κ3) is 2.28. The van der Waals surface area contributed by atoms with Gasteiger partial charge in [0.05, 0.1) is 7.11 Å². The maximum Gasteiger partial charge on any atom is 0.123 e. The number of ether oxygens (including phenoxy) is 1. The molecular weight excluding hydrogens is 248 g/mol. The van der Waals surface area contributed by atoms with Crippen molar-refractivity contribution in [1.82, 2.24) is 4.90 Å². The summed E-state index contributed by atoms with van der Waals surface area (Å²) in [4.78, 5) is 2.45. The second-order valence-electron chi connectivity index (χ2n) is 5.63. The molecule has 0 aliphatic carbocycles. The Bertz CT molecular complexity index is 611. The number of fused-ring (bicyclic) bond motifs is 1. The van der Waals surface area contributed by atoms with E-state index in [1.165, 1.54) is 16.3 Å². The van der Waals surface area contributed by atoms with Gasteiger partial charge in [0.1, 0.15) is 5.75 Å². The SMILES string of the molecule is COc1ccc2ccccc2c1CN1CCC(N)C1C. The summed E-state index contributed by atoms with van der Waals surface area (Å²) in [6, 6.07) is 13.4. The van der Waals surface area contributed by atoms with Crippen LogP contribution in [0.25, 0.3) is 10.8 Å². The Kier molecular flexibility index (Phi) is 3.64. The molecule has 1 heterocycles. The van der Waals surface area contributed by atoms with Crippen molar-refractivity contribution in [2.24, 2.45) is 5.73 Å². The summed E-state index contributed by atoms with van der Waals surface area (Å²) in [7, 11) is 1.74. The highest BCUT2D eigenvalue weighted by Crippen LogP contribution is 2.31. The van der Waals surface area contributed by atoms with Crippen LogP contribution in [0, 0.1) is 0 Å². The molecule has 2 aromatic carbocycles. The van der Waals surface area contributed by atoms with E-state index in [1.807, 2.05) is 0 Å². The quantitative estimate of drug-likeness (QED) is 0.932. The van der Waals surface area contributed by atoms with E-state index in [4.69, 9.17) is 10.5 Å². The number of nitrogens with two attached hydrogens (primary N) is 1. The number of hydrogen-bond donors (Lipinski definition) is 1. The maximum absolute atomic E-state index is 6.13. The molecule has 0 amide bonds. The Morgan fingerprint density at radius 3 is 2.75 bits per heavy atom. The van der Waals surface area contributed by atoms with Crippen LogP contribution in [0.2, 0.25) is 0 Å². The first-order chi connectivity index (χ1) is 9.70. The highest BCUT2D eigenvalue weighted by atomic mass is 16.5. The van der Waals surface area contributed by atoms with Crippen LogP contribution in [-0.2, 0) is 6.54 Å². The molecule has 1 aliphatic heterocycles. The summed E-state index contributed by atoms with van der Waals surface area (Å²) >= 11 is 0. The van der Waals surface area contributed by atoms with E-state index in [-0.39, 0.29) is 6.04 Å². The third-order valence-electron chi connectivity index (χ3n) is 4.52. The van der Waals surface area contributed by atoms with Gasteiger partial charge >= 0.3 is 0 Å². The van der Waals surface area contributed by atoms with Crippen LogP contribution in [0.15, 0.2) is 36.4 Å². The van der Waals surface area contributed by atoms with Gasteiger partial charge in [-0.1, -0.05) is 30.3 Å². The Balaban J connectivity index is 2.01. The second-order valence-corrected chi connectivity index (χ2v) is 5.63. The molecule has 1 saturated heterocycles. The molecule has 1 fully saturated rings. The van der Waals surface area contributed by atoms with E-state index in [0.29, 0.717) is 6.04 Å². The van der Waals surface area contributed by atoms with E-state index in [1.54, 1.807) is 7.11 Å². The Hall–Kier alpha value is -1.58. The van der Waals surface area contributed by atoms with Gasteiger partial charge in [0.2, 0.25) is 0 Å². The number of nitrogens with zero attached hydrogens (tertiary/aromatic N) is 1. The lowest BCUT2D eigenvalue weighted by Crippen LogP contribution is -2.36. The lowest BCUT2D eigenvalue weighted by Gasteiger charge is -2.24. The Morgan fingerprint density at radius 1 is 1.25 bits per heavy atom. The number of rotatable bonds is 3. The molecule has 2 N–H and O–H groups in total. The largest absolute Gasteiger partial charge is 0.496 e. The summed E-state index contributed by atoms with van der Waals surface area (Å²) in [5, 5.41) is 2.54. The minimum atomic E-state index is 0.288. The number of likely N-dealkylation sites (tertiary alicyclic amines) is 1. The summed E-state index contributed by atoms with van der Waals surface area (Å²) in [5.74, 6) is 0.969. The Labute approximate surface area is 120 Å². The van der Waals surface area contributed by atoms with Gasteiger partial charge in [-0.3, -0.25) is 4.90 Å². The normalized spacial score (nSPS) is 23.4. The van der Waals surface area contributed by atoms with Gasteiger partial charge in [0, 0.05) is 30.7 Å². The lowest BCUT2D eigenvalue weighted by molar-refractivity contribution is 0.249. The minimum absolute atomic E-state index is 0.288. The Morgan fingerprint density at radius 2 is 2.05 bits per heavy atom. The number of methoxy groups -OCH3 is 1. The number of hydrogen-bond acceptors (Lipinski definition) is 3. The van der Waals surface area contributed by atoms with Crippen LogP contribution in [0.1, 0.15) is 18.9 Å². The molecule has 3 rings (SSSR count). The molecule has 3 nitrogen and oxygen atoms in total. The smallest absolute Gasteiger partial charge is 0.123 e. The molecule has 3 heteroatoms. The molecule has 20 heavy (non-hydrogen) atoms. The van der Waals surface area contributed by atoms with Crippen LogP contribution >= 0.6 is 0 Å². The zero-order chi connectivity index (χ0) is 14.1. The average Bonchev–Trinajstić information content (AvgIpc) is 2.79. The summed E-state index contributed by atoms with van der Waals surface area (Å²) in [5.41, 5.74) is 7.40. The van der Waals surface area contributed by atoms with Crippen molar-refractivity contribution >= 4 is 10.8 Å². The standard InChI is InChI=1S/C17H22N2O/c1-12-16(18)9-10-19(12)11-15-14-6-4-3-5-13(14)7-8-17(15)20-2/h3-8,12,16H,9-11,18H2,1-2H3. The van der Waals surface area contributed by atoms with Crippen LogP contribution < -0.4 is 10.5 Å². The van der Waals surface area contributed by atoms with Crippen LogP contribution in [0.5, 0.6) is 5.75 Å². The van der Waals surface area contributed by atoms with Crippen LogP contribution in [0.4, 0.5) is 0 Å². The molecule has 0 radical (unpaired) electrons. The molecule has 0 aromatic heterocycles. The fraction of sp³-hybridized carbons (Fsp3) is 0.412. The van der Waals surface area contributed by atoms with Crippen molar-refractivity contribution in [3.05, 3.63) is 42.0 Å². The van der Waals surface area contributed by atoms with E-state index in [2.05, 4.69) is 48.2 Å². The molecule has 2 aromatic rings. The summed E-state index contributed by atoms with van der Waals surface area (Å²) in [6.45, 7) is 4.18. The first-order valence-electron chi connectivity index (χ1n) is 7.25. The van der Waals surface area contributed by atoms with Gasteiger partial charge in [0.15, 0.2) is 0 Å².